The summed E-state index contributed by atoms with van der Waals surface area (Å²) in [4.78, 5) is 18.5. The Morgan fingerprint density at radius 2 is 2.21 bits per heavy atom. The van der Waals surface area contributed by atoms with Crippen molar-refractivity contribution in [2.75, 3.05) is 12.0 Å². The summed E-state index contributed by atoms with van der Waals surface area (Å²) in [5, 5.41) is 4.12. The van der Waals surface area contributed by atoms with Crippen molar-refractivity contribution in [2.24, 2.45) is 5.10 Å². The van der Waals surface area contributed by atoms with Crippen LogP contribution in [-0.4, -0.2) is 22.8 Å². The van der Waals surface area contributed by atoms with Crippen molar-refractivity contribution in [3.8, 4) is 5.75 Å². The normalized spacial score (nSPS) is 11.2. The molecule has 2 N–H and O–H groups in total. The first-order valence-corrected chi connectivity index (χ1v) is 8.61. The predicted molar refractivity (Wildman–Crippen MR) is 100 cm³/mol. The van der Waals surface area contributed by atoms with E-state index in [-0.39, 0.29) is 11.5 Å². The summed E-state index contributed by atoms with van der Waals surface area (Å²) < 4.78 is 6.48. The Hall–Kier alpha value is -2.15. The summed E-state index contributed by atoms with van der Waals surface area (Å²) in [5.74, 6) is 1.30. The Morgan fingerprint density at radius 1 is 1.42 bits per heavy atom. The zero-order valence-corrected chi connectivity index (χ0v) is 15.6. The number of rotatable bonds is 7. The molecule has 0 saturated heterocycles. The van der Waals surface area contributed by atoms with Crippen molar-refractivity contribution >= 4 is 28.1 Å². The lowest BCUT2D eigenvalue weighted by molar-refractivity contribution is 0.315. The van der Waals surface area contributed by atoms with E-state index < -0.39 is 0 Å². The van der Waals surface area contributed by atoms with Gasteiger partial charge in [0.15, 0.2) is 0 Å². The van der Waals surface area contributed by atoms with Crippen molar-refractivity contribution in [3.05, 3.63) is 50.3 Å². The molecule has 0 spiro atoms. The summed E-state index contributed by atoms with van der Waals surface area (Å²) in [5.41, 5.74) is 4.16. The molecule has 0 bridgehead atoms. The van der Waals surface area contributed by atoms with Crippen LogP contribution < -0.4 is 15.7 Å². The van der Waals surface area contributed by atoms with E-state index in [1.165, 1.54) is 6.07 Å². The van der Waals surface area contributed by atoms with Crippen LogP contribution in [-0.2, 0) is 0 Å². The lowest BCUT2D eigenvalue weighted by Gasteiger charge is -2.07. The zero-order valence-electron chi connectivity index (χ0n) is 14.0. The van der Waals surface area contributed by atoms with Gasteiger partial charge in [0.05, 0.1) is 23.0 Å². The Balaban J connectivity index is 2.06. The molecule has 0 fully saturated rings. The van der Waals surface area contributed by atoms with E-state index in [1.807, 2.05) is 32.0 Å². The third kappa shape index (κ3) is 5.19. The van der Waals surface area contributed by atoms with Crippen LogP contribution in [0.3, 0.4) is 0 Å². The summed E-state index contributed by atoms with van der Waals surface area (Å²) in [6.07, 6.45) is 2.61. The summed E-state index contributed by atoms with van der Waals surface area (Å²) in [6.45, 7) is 6.70. The minimum atomic E-state index is -0.202. The Morgan fingerprint density at radius 3 is 2.88 bits per heavy atom. The van der Waals surface area contributed by atoms with Crippen LogP contribution in [0.4, 0.5) is 5.95 Å². The molecule has 0 saturated carbocycles. The maximum atomic E-state index is 11.6. The summed E-state index contributed by atoms with van der Waals surface area (Å²) in [6, 6.07) is 7.20. The highest BCUT2D eigenvalue weighted by Crippen LogP contribution is 2.25. The van der Waals surface area contributed by atoms with E-state index >= 15 is 0 Å². The smallest absolute Gasteiger partial charge is 0.252 e. The lowest BCUT2D eigenvalue weighted by Crippen LogP contribution is -2.12. The number of nitrogens with one attached hydrogen (secondary N) is 2. The highest BCUT2D eigenvalue weighted by Gasteiger charge is 2.04. The minimum Gasteiger partial charge on any atom is -0.492 e. The molecule has 0 atom stereocenters. The second-order valence-electron chi connectivity index (χ2n) is 5.58. The molecule has 0 unspecified atom stereocenters. The van der Waals surface area contributed by atoms with Crippen molar-refractivity contribution in [1.82, 2.24) is 9.97 Å². The molecule has 24 heavy (non-hydrogen) atoms. The SMILES string of the molecule is CCCOc1ccc(/C=N\Nc2nc(C(C)C)cc(=O)[nH]2)cc1Br. The number of aromatic nitrogens is 2. The van der Waals surface area contributed by atoms with E-state index in [0.717, 1.165) is 27.9 Å². The average Bonchev–Trinajstić information content (AvgIpc) is 2.53. The molecule has 1 aromatic heterocycles. The third-order valence-corrected chi connectivity index (χ3v) is 3.77. The molecule has 2 rings (SSSR count). The largest absolute Gasteiger partial charge is 0.492 e. The molecule has 1 heterocycles. The van der Waals surface area contributed by atoms with Gasteiger partial charge in [-0.05, 0) is 52.0 Å². The van der Waals surface area contributed by atoms with Crippen LogP contribution in [0, 0.1) is 0 Å². The predicted octanol–water partition coefficient (Wildman–Crippen LogP) is 3.89. The van der Waals surface area contributed by atoms with Crippen molar-refractivity contribution in [3.63, 3.8) is 0 Å². The van der Waals surface area contributed by atoms with Crippen LogP contribution in [0.25, 0.3) is 0 Å². The Kier molecular flexibility index (Phi) is 6.54. The molecular formula is C17H21BrN4O2. The molecule has 0 amide bonds. The molecule has 2 aromatic rings. The first-order valence-electron chi connectivity index (χ1n) is 7.82. The second kappa shape index (κ2) is 8.63. The van der Waals surface area contributed by atoms with Crippen LogP contribution >= 0.6 is 15.9 Å². The number of H-pyrrole nitrogens is 1. The van der Waals surface area contributed by atoms with Crippen LogP contribution in [0.5, 0.6) is 5.75 Å². The summed E-state index contributed by atoms with van der Waals surface area (Å²) in [7, 11) is 0. The van der Waals surface area contributed by atoms with E-state index in [9.17, 15) is 4.79 Å². The number of hydrazone groups is 1. The molecule has 7 heteroatoms. The number of benzene rings is 1. The van der Waals surface area contributed by atoms with E-state index in [2.05, 4.69) is 43.3 Å². The molecule has 128 valence electrons. The first kappa shape index (κ1) is 18.2. The summed E-state index contributed by atoms with van der Waals surface area (Å²) >= 11 is 3.48. The molecule has 6 nitrogen and oxygen atoms in total. The van der Waals surface area contributed by atoms with Crippen LogP contribution in [0.15, 0.2) is 38.6 Å². The molecule has 0 aliphatic rings. The maximum Gasteiger partial charge on any atom is 0.252 e. The fourth-order valence-electron chi connectivity index (χ4n) is 1.92. The lowest BCUT2D eigenvalue weighted by atomic mass is 10.1. The Labute approximate surface area is 149 Å². The fourth-order valence-corrected chi connectivity index (χ4v) is 2.43. The van der Waals surface area contributed by atoms with Crippen LogP contribution in [0.2, 0.25) is 0 Å². The first-order chi connectivity index (χ1) is 11.5. The molecule has 1 aromatic carbocycles. The fraction of sp³-hybridized carbons (Fsp3) is 0.353. The quantitative estimate of drug-likeness (QED) is 0.553. The number of hydrogen-bond acceptors (Lipinski definition) is 5. The van der Waals surface area contributed by atoms with E-state index in [0.29, 0.717) is 12.6 Å². The highest BCUT2D eigenvalue weighted by molar-refractivity contribution is 9.10. The van der Waals surface area contributed by atoms with Crippen LogP contribution in [0.1, 0.15) is 44.4 Å². The highest BCUT2D eigenvalue weighted by atomic mass is 79.9. The van der Waals surface area contributed by atoms with Crippen molar-refractivity contribution < 1.29 is 4.74 Å². The van der Waals surface area contributed by atoms with E-state index in [4.69, 9.17) is 4.74 Å². The number of anilines is 1. The average molecular weight is 393 g/mol. The molecular weight excluding hydrogens is 372 g/mol. The van der Waals surface area contributed by atoms with Gasteiger partial charge in [0.1, 0.15) is 5.75 Å². The van der Waals surface area contributed by atoms with Gasteiger partial charge in [-0.3, -0.25) is 9.78 Å². The van der Waals surface area contributed by atoms with Crippen molar-refractivity contribution in [1.29, 1.82) is 0 Å². The van der Waals surface area contributed by atoms with Gasteiger partial charge in [-0.1, -0.05) is 20.8 Å². The maximum absolute atomic E-state index is 11.6. The van der Waals surface area contributed by atoms with Gasteiger partial charge >= 0.3 is 0 Å². The van der Waals surface area contributed by atoms with Gasteiger partial charge < -0.3 is 4.74 Å². The number of halogens is 1. The number of nitrogens with zero attached hydrogens (tertiary/aromatic N) is 2. The zero-order chi connectivity index (χ0) is 17.5. The van der Waals surface area contributed by atoms with E-state index in [1.54, 1.807) is 6.21 Å². The number of ether oxygens (including phenoxy) is 1. The molecule has 0 aliphatic heterocycles. The minimum absolute atomic E-state index is 0.170. The van der Waals surface area contributed by atoms with Gasteiger partial charge in [-0.25, -0.2) is 10.4 Å². The van der Waals surface area contributed by atoms with Crippen molar-refractivity contribution in [2.45, 2.75) is 33.1 Å². The number of aromatic amines is 1. The van der Waals surface area contributed by atoms with Gasteiger partial charge in [0, 0.05) is 6.07 Å². The van der Waals surface area contributed by atoms with Gasteiger partial charge in [-0.15, -0.1) is 0 Å². The van der Waals surface area contributed by atoms with Gasteiger partial charge in [-0.2, -0.15) is 5.10 Å². The standard InChI is InChI=1S/C17H21BrN4O2/c1-4-7-24-15-6-5-12(8-13(15)18)10-19-22-17-20-14(11(2)3)9-16(23)21-17/h5-6,8-11H,4,7H2,1-3H3,(H2,20,21,22,23)/b19-10-. The Bertz CT molecular complexity index is 771. The molecule has 0 aliphatic carbocycles. The third-order valence-electron chi connectivity index (χ3n) is 3.15. The van der Waals surface area contributed by atoms with Gasteiger partial charge in [0.2, 0.25) is 5.95 Å². The van der Waals surface area contributed by atoms with Gasteiger partial charge in [0.25, 0.3) is 5.56 Å². The molecule has 0 radical (unpaired) electrons. The second-order valence-corrected chi connectivity index (χ2v) is 6.44. The topological polar surface area (TPSA) is 79.4 Å². The number of hydrogen-bond donors (Lipinski definition) is 2. The monoisotopic (exact) mass is 392 g/mol.